The van der Waals surface area contributed by atoms with Crippen molar-refractivity contribution in [3.05, 3.63) is 29.8 Å². The highest BCUT2D eigenvalue weighted by Crippen LogP contribution is 2.23. The minimum Gasteiger partial charge on any atom is -0.378 e. The highest BCUT2D eigenvalue weighted by Gasteiger charge is 2.21. The van der Waals surface area contributed by atoms with Crippen LogP contribution in [0.3, 0.4) is 0 Å². The summed E-state index contributed by atoms with van der Waals surface area (Å²) in [6.45, 7) is 7.81. The van der Waals surface area contributed by atoms with Crippen molar-refractivity contribution in [2.75, 3.05) is 31.2 Å². The molecule has 2 fully saturated rings. The lowest BCUT2D eigenvalue weighted by molar-refractivity contribution is 0.122. The third-order valence-corrected chi connectivity index (χ3v) is 5.62. The number of hydrogen-bond donors (Lipinski definition) is 2. The van der Waals surface area contributed by atoms with Crippen molar-refractivity contribution in [3.8, 4) is 0 Å². The number of hydrogen-bond acceptors (Lipinski definition) is 4. The number of hydrazone groups is 1. The van der Waals surface area contributed by atoms with Gasteiger partial charge in [-0.05, 0) is 55.6 Å². The fourth-order valence-corrected chi connectivity index (χ4v) is 3.86. The topological polar surface area (TPSA) is 48.9 Å². The smallest absolute Gasteiger partial charge is 0.187 e. The van der Waals surface area contributed by atoms with E-state index >= 15 is 0 Å². The Morgan fingerprint density at radius 2 is 1.85 bits per heavy atom. The van der Waals surface area contributed by atoms with E-state index in [9.17, 15) is 0 Å². The van der Waals surface area contributed by atoms with Gasteiger partial charge in [0.25, 0.3) is 0 Å². The lowest BCUT2D eigenvalue weighted by Crippen LogP contribution is -2.44. The Hall–Kier alpha value is -1.66. The van der Waals surface area contributed by atoms with E-state index in [1.807, 2.05) is 6.92 Å². The van der Waals surface area contributed by atoms with Crippen molar-refractivity contribution in [2.24, 2.45) is 11.0 Å². The zero-order valence-electron chi connectivity index (χ0n) is 15.8. The van der Waals surface area contributed by atoms with Crippen molar-refractivity contribution in [1.29, 1.82) is 0 Å². The number of nitrogens with one attached hydrogen (secondary N) is 2. The van der Waals surface area contributed by atoms with Crippen molar-refractivity contribution in [1.82, 2.24) is 10.7 Å². The molecule has 26 heavy (non-hydrogen) atoms. The van der Waals surface area contributed by atoms with E-state index in [4.69, 9.17) is 17.0 Å². The van der Waals surface area contributed by atoms with Crippen molar-refractivity contribution < 1.29 is 4.74 Å². The van der Waals surface area contributed by atoms with E-state index in [0.717, 1.165) is 37.6 Å². The van der Waals surface area contributed by atoms with Crippen LogP contribution in [0.4, 0.5) is 5.69 Å². The summed E-state index contributed by atoms with van der Waals surface area (Å²) in [5.74, 6) is 0.668. The Balaban J connectivity index is 1.52. The second kappa shape index (κ2) is 9.33. The number of nitrogens with zero attached hydrogens (tertiary/aromatic N) is 2. The Morgan fingerprint density at radius 3 is 2.54 bits per heavy atom. The normalized spacial score (nSPS) is 24.2. The molecule has 2 aliphatic rings. The molecule has 0 radical (unpaired) electrons. The van der Waals surface area contributed by atoms with E-state index in [1.54, 1.807) is 0 Å². The zero-order chi connectivity index (χ0) is 18.4. The molecule has 142 valence electrons. The predicted octanol–water partition coefficient (Wildman–Crippen LogP) is 3.29. The highest BCUT2D eigenvalue weighted by molar-refractivity contribution is 7.80. The van der Waals surface area contributed by atoms with Gasteiger partial charge in [0.05, 0.1) is 18.9 Å². The van der Waals surface area contributed by atoms with Gasteiger partial charge in [-0.25, -0.2) is 0 Å². The number of anilines is 1. The lowest BCUT2D eigenvalue weighted by Gasteiger charge is -2.30. The molecule has 0 unspecified atom stereocenters. The molecular formula is C20H30N4OS. The Bertz CT molecular complexity index is 625. The van der Waals surface area contributed by atoms with Crippen LogP contribution < -0.4 is 15.6 Å². The molecule has 1 saturated carbocycles. The van der Waals surface area contributed by atoms with Crippen molar-refractivity contribution in [3.63, 3.8) is 0 Å². The summed E-state index contributed by atoms with van der Waals surface area (Å²) in [5.41, 5.74) is 6.28. The molecule has 2 atom stereocenters. The minimum absolute atomic E-state index is 0.465. The van der Waals surface area contributed by atoms with Crippen molar-refractivity contribution >= 4 is 28.7 Å². The first-order valence-corrected chi connectivity index (χ1v) is 10.1. The molecule has 0 amide bonds. The summed E-state index contributed by atoms with van der Waals surface area (Å²) in [5, 5.41) is 8.50. The van der Waals surface area contributed by atoms with Gasteiger partial charge in [0.2, 0.25) is 0 Å². The van der Waals surface area contributed by atoms with Gasteiger partial charge in [0.15, 0.2) is 5.11 Å². The first-order chi connectivity index (χ1) is 12.6. The number of morpholine rings is 1. The van der Waals surface area contributed by atoms with Crippen LogP contribution in [0.2, 0.25) is 0 Å². The second-order valence-electron chi connectivity index (χ2n) is 7.30. The van der Waals surface area contributed by atoms with Gasteiger partial charge in [0, 0.05) is 24.8 Å². The van der Waals surface area contributed by atoms with Crippen molar-refractivity contribution in [2.45, 2.75) is 45.6 Å². The molecule has 1 aromatic rings. The quantitative estimate of drug-likeness (QED) is 0.481. The maximum absolute atomic E-state index is 5.41. The molecule has 0 aromatic heterocycles. The summed E-state index contributed by atoms with van der Waals surface area (Å²) in [6.07, 6.45) is 5.08. The van der Waals surface area contributed by atoms with Crippen LogP contribution in [-0.4, -0.2) is 43.2 Å². The monoisotopic (exact) mass is 374 g/mol. The Kier molecular flexibility index (Phi) is 6.86. The van der Waals surface area contributed by atoms with Crippen LogP contribution in [0.5, 0.6) is 0 Å². The van der Waals surface area contributed by atoms with Gasteiger partial charge in [-0.1, -0.05) is 31.9 Å². The largest absolute Gasteiger partial charge is 0.378 e. The molecular weight excluding hydrogens is 344 g/mol. The lowest BCUT2D eigenvalue weighted by atomic mass is 9.86. The molecule has 0 spiro atoms. The fourth-order valence-electron chi connectivity index (χ4n) is 3.67. The van der Waals surface area contributed by atoms with E-state index in [0.29, 0.717) is 17.1 Å². The fraction of sp³-hybridized carbons (Fsp3) is 0.600. The summed E-state index contributed by atoms with van der Waals surface area (Å²) < 4.78 is 5.41. The molecule has 0 bridgehead atoms. The van der Waals surface area contributed by atoms with Crippen LogP contribution in [0.1, 0.15) is 45.1 Å². The maximum atomic E-state index is 5.41. The number of benzene rings is 1. The third kappa shape index (κ3) is 5.17. The molecule has 6 heteroatoms. The van der Waals surface area contributed by atoms with E-state index in [1.165, 1.54) is 31.4 Å². The number of thiocarbonyl (C=S) groups is 1. The van der Waals surface area contributed by atoms with Crippen LogP contribution >= 0.6 is 12.2 Å². The van der Waals surface area contributed by atoms with E-state index < -0.39 is 0 Å². The first kappa shape index (κ1) is 19.1. The van der Waals surface area contributed by atoms with Gasteiger partial charge in [0.1, 0.15) is 0 Å². The third-order valence-electron chi connectivity index (χ3n) is 5.41. The molecule has 1 saturated heterocycles. The number of rotatable bonds is 4. The van der Waals surface area contributed by atoms with Crippen LogP contribution in [0.15, 0.2) is 29.4 Å². The molecule has 1 aliphatic carbocycles. The molecule has 2 N–H and O–H groups in total. The van der Waals surface area contributed by atoms with Gasteiger partial charge in [-0.15, -0.1) is 0 Å². The first-order valence-electron chi connectivity index (χ1n) is 9.67. The van der Waals surface area contributed by atoms with Gasteiger partial charge < -0.3 is 15.0 Å². The number of ether oxygens (including phenoxy) is 1. The molecule has 1 aliphatic heterocycles. The van der Waals surface area contributed by atoms with E-state index in [2.05, 4.69) is 51.9 Å². The zero-order valence-corrected chi connectivity index (χ0v) is 16.6. The van der Waals surface area contributed by atoms with Crippen LogP contribution in [0.25, 0.3) is 0 Å². The SMILES string of the molecule is C/C(=N/NC(=S)N[C@@H]1CCCC[C@@H]1C)c1ccc(N2CCOCC2)cc1. The van der Waals surface area contributed by atoms with Gasteiger partial charge in [-0.3, -0.25) is 5.43 Å². The minimum atomic E-state index is 0.465. The van der Waals surface area contributed by atoms with E-state index in [-0.39, 0.29) is 0 Å². The molecule has 5 nitrogen and oxygen atoms in total. The summed E-state index contributed by atoms with van der Waals surface area (Å²) in [7, 11) is 0. The van der Waals surface area contributed by atoms with Gasteiger partial charge >= 0.3 is 0 Å². The molecule has 3 rings (SSSR count). The van der Waals surface area contributed by atoms with Gasteiger partial charge in [-0.2, -0.15) is 5.10 Å². The molecule has 1 heterocycles. The molecule has 1 aromatic carbocycles. The highest BCUT2D eigenvalue weighted by atomic mass is 32.1. The Labute approximate surface area is 162 Å². The maximum Gasteiger partial charge on any atom is 0.187 e. The summed E-state index contributed by atoms with van der Waals surface area (Å²) in [4.78, 5) is 2.35. The average Bonchev–Trinajstić information content (AvgIpc) is 2.69. The summed E-state index contributed by atoms with van der Waals surface area (Å²) in [6, 6.07) is 9.00. The standard InChI is InChI=1S/C20H30N4OS/c1-15-5-3-4-6-19(15)21-20(26)23-22-16(2)17-7-9-18(10-8-17)24-11-13-25-14-12-24/h7-10,15,19H,3-6,11-14H2,1-2H3,(H2,21,23,26)/b22-16-/t15-,19+/m0/s1. The second-order valence-corrected chi connectivity index (χ2v) is 7.71. The Morgan fingerprint density at radius 1 is 1.15 bits per heavy atom. The van der Waals surface area contributed by atoms with Crippen LogP contribution in [-0.2, 0) is 4.74 Å². The van der Waals surface area contributed by atoms with Crippen LogP contribution in [0, 0.1) is 5.92 Å². The summed E-state index contributed by atoms with van der Waals surface area (Å²) >= 11 is 5.41. The predicted molar refractivity (Wildman–Crippen MR) is 112 cm³/mol. The average molecular weight is 375 g/mol.